The fourth-order valence-corrected chi connectivity index (χ4v) is 3.67. The molecule has 4 rings (SSSR count). The van der Waals surface area contributed by atoms with Crippen LogP contribution < -0.4 is 20.7 Å². The number of hydrogen-bond donors (Lipinski definition) is 3. The number of nitrogens with one attached hydrogen (secondary N) is 3. The lowest BCUT2D eigenvalue weighted by Crippen LogP contribution is -2.25. The SMILES string of the molecule is C=CCNC(=O)C1=Cc2c(ncnc2Nc2ccc(Oc3cccc(C(F)(F)F)c3)c(Cl)c2)NCC1. The van der Waals surface area contributed by atoms with Crippen LogP contribution in [0.3, 0.4) is 0 Å². The topological polar surface area (TPSA) is 88.2 Å². The summed E-state index contributed by atoms with van der Waals surface area (Å²) in [6, 6.07) is 9.28. The van der Waals surface area contributed by atoms with Gasteiger partial charge in [-0.2, -0.15) is 13.2 Å². The Morgan fingerprint density at radius 1 is 1.22 bits per heavy atom. The molecule has 7 nitrogen and oxygen atoms in total. The van der Waals surface area contributed by atoms with Crippen molar-refractivity contribution in [2.24, 2.45) is 0 Å². The lowest BCUT2D eigenvalue weighted by molar-refractivity contribution is -0.137. The van der Waals surface area contributed by atoms with Crippen LogP contribution >= 0.6 is 11.6 Å². The van der Waals surface area contributed by atoms with Gasteiger partial charge in [-0.1, -0.05) is 23.7 Å². The highest BCUT2D eigenvalue weighted by molar-refractivity contribution is 6.32. The number of fused-ring (bicyclic) bond motifs is 1. The summed E-state index contributed by atoms with van der Waals surface area (Å²) in [4.78, 5) is 21.0. The van der Waals surface area contributed by atoms with E-state index in [-0.39, 0.29) is 22.4 Å². The van der Waals surface area contributed by atoms with E-state index in [1.807, 2.05) is 0 Å². The van der Waals surface area contributed by atoms with Crippen molar-refractivity contribution in [3.05, 3.63) is 83.2 Å². The molecule has 1 aromatic heterocycles. The number of nitrogens with zero attached hydrogens (tertiary/aromatic N) is 2. The minimum absolute atomic E-state index is 0.00651. The lowest BCUT2D eigenvalue weighted by atomic mass is 10.1. The first-order valence-corrected chi connectivity index (χ1v) is 11.2. The Kier molecular flexibility index (Phi) is 7.44. The second kappa shape index (κ2) is 10.7. The molecule has 0 fully saturated rings. The molecule has 3 N–H and O–H groups in total. The average Bonchev–Trinajstić information content (AvgIpc) is 3.07. The Morgan fingerprint density at radius 2 is 2.06 bits per heavy atom. The van der Waals surface area contributed by atoms with Crippen LogP contribution in [0, 0.1) is 0 Å². The summed E-state index contributed by atoms with van der Waals surface area (Å²) in [7, 11) is 0. The van der Waals surface area contributed by atoms with Crippen molar-refractivity contribution in [3.8, 4) is 11.5 Å². The molecule has 2 heterocycles. The van der Waals surface area contributed by atoms with Gasteiger partial charge in [0.25, 0.3) is 0 Å². The fourth-order valence-electron chi connectivity index (χ4n) is 3.45. The van der Waals surface area contributed by atoms with Crippen LogP contribution in [-0.2, 0) is 11.0 Å². The maximum atomic E-state index is 13.0. The number of carbonyl (C=O) groups excluding carboxylic acids is 1. The molecule has 1 amide bonds. The highest BCUT2D eigenvalue weighted by atomic mass is 35.5. The monoisotopic (exact) mass is 515 g/mol. The predicted octanol–water partition coefficient (Wildman–Crippen LogP) is 6.19. The minimum atomic E-state index is -4.48. The van der Waals surface area contributed by atoms with E-state index in [2.05, 4.69) is 32.5 Å². The van der Waals surface area contributed by atoms with E-state index in [1.165, 1.54) is 24.5 Å². The molecule has 2 aromatic carbocycles. The van der Waals surface area contributed by atoms with Gasteiger partial charge in [0.05, 0.1) is 16.1 Å². The average molecular weight is 516 g/mol. The van der Waals surface area contributed by atoms with Gasteiger partial charge < -0.3 is 20.7 Å². The van der Waals surface area contributed by atoms with Crippen molar-refractivity contribution in [2.45, 2.75) is 12.6 Å². The number of alkyl halides is 3. The second-order valence-electron chi connectivity index (χ2n) is 7.73. The Labute approximate surface area is 210 Å². The predicted molar refractivity (Wildman–Crippen MR) is 133 cm³/mol. The summed E-state index contributed by atoms with van der Waals surface area (Å²) >= 11 is 6.35. The van der Waals surface area contributed by atoms with Gasteiger partial charge in [-0.05, 0) is 48.9 Å². The number of anilines is 3. The molecule has 1 aliphatic rings. The van der Waals surface area contributed by atoms with Gasteiger partial charge in [0, 0.05) is 24.4 Å². The molecule has 0 unspecified atom stereocenters. The van der Waals surface area contributed by atoms with Crippen molar-refractivity contribution in [1.29, 1.82) is 0 Å². The smallest absolute Gasteiger partial charge is 0.416 e. The molecule has 186 valence electrons. The molecule has 0 bridgehead atoms. The van der Waals surface area contributed by atoms with Crippen molar-refractivity contribution in [3.63, 3.8) is 0 Å². The van der Waals surface area contributed by atoms with Crippen molar-refractivity contribution in [2.75, 3.05) is 23.7 Å². The van der Waals surface area contributed by atoms with Gasteiger partial charge in [0.15, 0.2) is 0 Å². The lowest BCUT2D eigenvalue weighted by Gasteiger charge is -2.14. The van der Waals surface area contributed by atoms with Crippen molar-refractivity contribution in [1.82, 2.24) is 15.3 Å². The number of aromatic nitrogens is 2. The first-order valence-electron chi connectivity index (χ1n) is 10.8. The molecule has 11 heteroatoms. The summed E-state index contributed by atoms with van der Waals surface area (Å²) in [6.45, 7) is 4.47. The van der Waals surface area contributed by atoms with Crippen molar-refractivity contribution < 1.29 is 22.7 Å². The zero-order valence-electron chi connectivity index (χ0n) is 18.8. The van der Waals surface area contributed by atoms with Crippen LogP contribution in [0.15, 0.2) is 67.0 Å². The third kappa shape index (κ3) is 5.95. The number of carbonyl (C=O) groups is 1. The van der Waals surface area contributed by atoms with E-state index in [4.69, 9.17) is 16.3 Å². The van der Waals surface area contributed by atoms with Gasteiger partial charge in [-0.3, -0.25) is 4.79 Å². The Balaban J connectivity index is 1.56. The molecule has 0 spiro atoms. The molecular weight excluding hydrogens is 495 g/mol. The third-order valence-corrected chi connectivity index (χ3v) is 5.47. The number of rotatable bonds is 7. The summed E-state index contributed by atoms with van der Waals surface area (Å²) in [5.41, 5.74) is 0.883. The summed E-state index contributed by atoms with van der Waals surface area (Å²) < 4.78 is 44.5. The van der Waals surface area contributed by atoms with Crippen LogP contribution in [0.4, 0.5) is 30.5 Å². The normalized spacial score (nSPS) is 12.9. The van der Waals surface area contributed by atoms with Gasteiger partial charge in [-0.25, -0.2) is 9.97 Å². The summed E-state index contributed by atoms with van der Waals surface area (Å²) in [5, 5.41) is 9.28. The van der Waals surface area contributed by atoms with E-state index in [9.17, 15) is 18.0 Å². The van der Waals surface area contributed by atoms with Crippen molar-refractivity contribution >= 4 is 40.9 Å². The molecule has 0 saturated carbocycles. The second-order valence-corrected chi connectivity index (χ2v) is 8.13. The molecule has 0 atom stereocenters. The highest BCUT2D eigenvalue weighted by Crippen LogP contribution is 2.36. The van der Waals surface area contributed by atoms with Crippen LogP contribution in [0.1, 0.15) is 17.5 Å². The Bertz CT molecular complexity index is 1330. The van der Waals surface area contributed by atoms with Crippen LogP contribution in [0.25, 0.3) is 6.08 Å². The molecule has 0 saturated heterocycles. The van der Waals surface area contributed by atoms with E-state index in [1.54, 1.807) is 24.3 Å². The van der Waals surface area contributed by atoms with Gasteiger partial charge in [0.1, 0.15) is 29.5 Å². The highest BCUT2D eigenvalue weighted by Gasteiger charge is 2.30. The number of amides is 1. The molecular formula is C25H21ClF3N5O2. The number of ether oxygens (including phenoxy) is 1. The molecule has 0 radical (unpaired) electrons. The standard InChI is InChI=1S/C25H21ClF3N5O2/c1-2-9-31-24(35)15-8-10-30-22-19(11-15)23(33-14-32-22)34-17-6-7-21(20(26)13-17)36-18-5-3-4-16(12-18)25(27,28)29/h2-7,11-14H,1,8-10H2,(H,31,35)(H2,30,32,33,34). The Hall–Kier alpha value is -4.05. The molecule has 1 aliphatic heterocycles. The third-order valence-electron chi connectivity index (χ3n) is 5.17. The number of benzene rings is 2. The molecule has 36 heavy (non-hydrogen) atoms. The number of hydrogen-bond acceptors (Lipinski definition) is 6. The van der Waals surface area contributed by atoms with Crippen LogP contribution in [0.5, 0.6) is 11.5 Å². The fraction of sp³-hybridized carbons (Fsp3) is 0.160. The zero-order chi connectivity index (χ0) is 25.7. The largest absolute Gasteiger partial charge is 0.456 e. The summed E-state index contributed by atoms with van der Waals surface area (Å²) in [5.74, 6) is 0.983. The Morgan fingerprint density at radius 3 is 2.81 bits per heavy atom. The maximum absolute atomic E-state index is 13.0. The van der Waals surface area contributed by atoms with Crippen LogP contribution in [0.2, 0.25) is 5.02 Å². The van der Waals surface area contributed by atoms with E-state index < -0.39 is 11.7 Å². The van der Waals surface area contributed by atoms with E-state index in [0.717, 1.165) is 12.1 Å². The molecule has 3 aromatic rings. The number of halogens is 4. The van der Waals surface area contributed by atoms with E-state index >= 15 is 0 Å². The first-order chi connectivity index (χ1) is 17.2. The quantitative estimate of drug-likeness (QED) is 0.325. The minimum Gasteiger partial charge on any atom is -0.456 e. The first kappa shape index (κ1) is 25.1. The van der Waals surface area contributed by atoms with Gasteiger partial charge in [-0.15, -0.1) is 6.58 Å². The van der Waals surface area contributed by atoms with Crippen LogP contribution in [-0.4, -0.2) is 29.0 Å². The van der Waals surface area contributed by atoms with Gasteiger partial charge in [0.2, 0.25) is 5.91 Å². The summed E-state index contributed by atoms with van der Waals surface area (Å²) in [6.07, 6.45) is 0.718. The zero-order valence-corrected chi connectivity index (χ0v) is 19.6. The van der Waals surface area contributed by atoms with E-state index in [0.29, 0.717) is 48.0 Å². The maximum Gasteiger partial charge on any atom is 0.416 e. The molecule has 0 aliphatic carbocycles. The van der Waals surface area contributed by atoms with Gasteiger partial charge >= 0.3 is 6.18 Å².